The summed E-state index contributed by atoms with van der Waals surface area (Å²) in [4.78, 5) is 19.4. The lowest BCUT2D eigenvalue weighted by Gasteiger charge is -2.29. The Morgan fingerprint density at radius 2 is 1.75 bits per heavy atom. The molecule has 1 saturated carbocycles. The van der Waals surface area contributed by atoms with E-state index in [0.717, 1.165) is 12.9 Å². The van der Waals surface area contributed by atoms with Crippen LogP contribution in [0.25, 0.3) is 0 Å². The molecule has 24 heavy (non-hydrogen) atoms. The maximum Gasteiger partial charge on any atom is 0.473 e. The molecule has 0 aromatic heterocycles. The Hall–Kier alpha value is 0.0249. The van der Waals surface area contributed by atoms with Crippen LogP contribution >= 0.6 is 15.4 Å². The van der Waals surface area contributed by atoms with E-state index < -0.39 is 33.2 Å². The lowest BCUT2D eigenvalue weighted by molar-refractivity contribution is -0.0215. The molecule has 0 aliphatic heterocycles. The fraction of sp³-hybridized carbons (Fsp3) is 0.846. The second kappa shape index (κ2) is 8.15. The van der Waals surface area contributed by atoms with E-state index in [1.54, 1.807) is 20.8 Å². The van der Waals surface area contributed by atoms with E-state index >= 15 is 0 Å². The average Bonchev–Trinajstić information content (AvgIpc) is 2.69. The van der Waals surface area contributed by atoms with Crippen LogP contribution in [0.2, 0.25) is 5.82 Å². The van der Waals surface area contributed by atoms with Gasteiger partial charge in [-0.15, -0.1) is 0 Å². The molecule has 1 aliphatic rings. The van der Waals surface area contributed by atoms with E-state index in [1.165, 1.54) is 13.2 Å². The molecule has 2 unspecified atom stereocenters. The minimum Gasteiger partial charge on any atom is -0.378 e. The third-order valence-corrected chi connectivity index (χ3v) is 6.01. The molecular formula is C13H27BO8P2. The summed E-state index contributed by atoms with van der Waals surface area (Å²) >= 11 is 0. The van der Waals surface area contributed by atoms with Crippen molar-refractivity contribution in [2.24, 2.45) is 5.92 Å². The van der Waals surface area contributed by atoms with Crippen LogP contribution in [0.1, 0.15) is 27.2 Å². The number of phosphoric acid groups is 1. The first-order chi connectivity index (χ1) is 10.8. The van der Waals surface area contributed by atoms with Gasteiger partial charge in [-0.2, -0.15) is 0 Å². The summed E-state index contributed by atoms with van der Waals surface area (Å²) in [5.41, 5.74) is -0.837. The summed E-state index contributed by atoms with van der Waals surface area (Å²) in [6.45, 7) is 4.96. The number of hydrogen-bond donors (Lipinski definition) is 2. The van der Waals surface area contributed by atoms with Crippen molar-refractivity contribution in [2.45, 2.75) is 50.8 Å². The van der Waals surface area contributed by atoms with Crippen LogP contribution < -0.4 is 0 Å². The normalized spacial score (nSPS) is 33.5. The lowest BCUT2D eigenvalue weighted by Crippen LogP contribution is -2.31. The molecule has 0 spiro atoms. The van der Waals surface area contributed by atoms with Gasteiger partial charge in [0.05, 0.1) is 17.8 Å². The van der Waals surface area contributed by atoms with Crippen molar-refractivity contribution in [2.75, 3.05) is 14.2 Å². The monoisotopic (exact) mass is 384 g/mol. The largest absolute Gasteiger partial charge is 0.473 e. The zero-order chi connectivity index (χ0) is 18.8. The Bertz CT molecular complexity index is 547. The Balaban J connectivity index is 2.89. The molecule has 1 fully saturated rings. The molecule has 11 heteroatoms. The minimum absolute atomic E-state index is 0.103. The van der Waals surface area contributed by atoms with E-state index in [0.29, 0.717) is 6.42 Å². The highest BCUT2D eigenvalue weighted by Gasteiger charge is 2.45. The van der Waals surface area contributed by atoms with Crippen LogP contribution in [-0.4, -0.2) is 49.7 Å². The first kappa shape index (κ1) is 22.1. The first-order valence-corrected chi connectivity index (χ1v) is 10.8. The van der Waals surface area contributed by atoms with E-state index in [1.807, 2.05) is 7.85 Å². The van der Waals surface area contributed by atoms with Gasteiger partial charge in [0.15, 0.2) is 0 Å². The van der Waals surface area contributed by atoms with Crippen LogP contribution in [0, 0.1) is 5.92 Å². The van der Waals surface area contributed by atoms with Crippen LogP contribution in [0.5, 0.6) is 0 Å². The molecule has 6 atom stereocenters. The Labute approximate surface area is 144 Å². The molecular weight excluding hydrogens is 357 g/mol. The SMILES string of the molecule is B[C@H]1C[C@H](/C=C/P(=O)(O)OC)[C@@H](OC)[C@H]1OP(=O)(O)OC(C)(C)C. The predicted molar refractivity (Wildman–Crippen MR) is 92.7 cm³/mol. The second-order valence-electron chi connectivity index (χ2n) is 6.91. The topological polar surface area (TPSA) is 112 Å². The standard InChI is InChI=1S/C13H27BO8P2/c1-13(2,3)22-24(17,18)21-12-10(14)8-9(11(12)19-4)6-7-23(15,16)20-5/h6-7,9-12H,8,14H2,1-5H3,(H,15,16)(H,17,18)/b7-6+/t9-,10-,11+,12-/m0/s1. The van der Waals surface area contributed by atoms with Gasteiger partial charge in [0.2, 0.25) is 0 Å². The molecule has 0 heterocycles. The van der Waals surface area contributed by atoms with Gasteiger partial charge in [-0.05, 0) is 33.0 Å². The molecule has 2 N–H and O–H groups in total. The van der Waals surface area contributed by atoms with Gasteiger partial charge < -0.3 is 19.0 Å². The molecule has 0 aromatic carbocycles. The molecule has 1 rings (SSSR count). The second-order valence-corrected chi connectivity index (χ2v) is 10.0. The van der Waals surface area contributed by atoms with Crippen molar-refractivity contribution < 1.29 is 37.2 Å². The van der Waals surface area contributed by atoms with Gasteiger partial charge >= 0.3 is 15.4 Å². The van der Waals surface area contributed by atoms with E-state index in [-0.39, 0.29) is 11.7 Å². The molecule has 1 aliphatic carbocycles. The Morgan fingerprint density at radius 3 is 2.21 bits per heavy atom. The number of rotatable bonds is 7. The number of ether oxygens (including phenoxy) is 1. The summed E-state index contributed by atoms with van der Waals surface area (Å²) in [7, 11) is -3.58. The summed E-state index contributed by atoms with van der Waals surface area (Å²) in [5, 5.41) is 0. The van der Waals surface area contributed by atoms with Crippen molar-refractivity contribution in [3.63, 3.8) is 0 Å². The number of methoxy groups -OCH3 is 1. The molecule has 0 saturated heterocycles. The summed E-state index contributed by atoms with van der Waals surface area (Å²) < 4.78 is 44.1. The number of hydrogen-bond acceptors (Lipinski definition) is 6. The van der Waals surface area contributed by atoms with Crippen molar-refractivity contribution in [3.8, 4) is 0 Å². The van der Waals surface area contributed by atoms with Crippen LogP contribution in [0.15, 0.2) is 11.9 Å². The van der Waals surface area contributed by atoms with Gasteiger partial charge in [0.1, 0.15) is 7.85 Å². The van der Waals surface area contributed by atoms with Crippen LogP contribution in [-0.2, 0) is 27.4 Å². The lowest BCUT2D eigenvalue weighted by atomic mass is 9.84. The summed E-state index contributed by atoms with van der Waals surface area (Å²) in [6, 6.07) is 0. The van der Waals surface area contributed by atoms with E-state index in [4.69, 9.17) is 13.8 Å². The third kappa shape index (κ3) is 6.73. The summed E-state index contributed by atoms with van der Waals surface area (Å²) in [5.74, 6) is 0.748. The smallest absolute Gasteiger partial charge is 0.378 e. The fourth-order valence-corrected chi connectivity index (χ4v) is 4.66. The van der Waals surface area contributed by atoms with Crippen molar-refractivity contribution in [1.82, 2.24) is 0 Å². The first-order valence-electron chi connectivity index (χ1n) is 7.62. The molecule has 0 amide bonds. The zero-order valence-corrected chi connectivity index (χ0v) is 16.7. The van der Waals surface area contributed by atoms with Gasteiger partial charge in [-0.3, -0.25) is 13.6 Å². The van der Waals surface area contributed by atoms with Crippen molar-refractivity contribution >= 4 is 23.3 Å². The number of phosphoric ester groups is 1. The average molecular weight is 384 g/mol. The molecule has 0 aromatic rings. The summed E-state index contributed by atoms with van der Waals surface area (Å²) in [6.07, 6.45) is 0.880. The highest BCUT2D eigenvalue weighted by atomic mass is 31.2. The maximum atomic E-state index is 12.2. The molecule has 140 valence electrons. The maximum absolute atomic E-state index is 12.2. The minimum atomic E-state index is -4.27. The third-order valence-electron chi connectivity index (χ3n) is 3.65. The van der Waals surface area contributed by atoms with Gasteiger partial charge in [-0.25, -0.2) is 4.57 Å². The van der Waals surface area contributed by atoms with E-state index in [9.17, 15) is 18.9 Å². The molecule has 8 nitrogen and oxygen atoms in total. The Kier molecular flexibility index (Phi) is 7.49. The fourth-order valence-electron chi connectivity index (χ4n) is 2.73. The van der Waals surface area contributed by atoms with Crippen LogP contribution in [0.3, 0.4) is 0 Å². The van der Waals surface area contributed by atoms with Gasteiger partial charge in [-0.1, -0.05) is 6.08 Å². The van der Waals surface area contributed by atoms with Crippen molar-refractivity contribution in [3.05, 3.63) is 11.9 Å². The highest BCUT2D eigenvalue weighted by Crippen LogP contribution is 2.53. The predicted octanol–water partition coefficient (Wildman–Crippen LogP) is 2.09. The van der Waals surface area contributed by atoms with Crippen LogP contribution in [0.4, 0.5) is 0 Å². The zero-order valence-electron chi connectivity index (χ0n) is 14.9. The quantitative estimate of drug-likeness (QED) is 0.507. The van der Waals surface area contributed by atoms with E-state index in [2.05, 4.69) is 4.52 Å². The van der Waals surface area contributed by atoms with Gasteiger partial charge in [0.25, 0.3) is 0 Å². The van der Waals surface area contributed by atoms with Gasteiger partial charge in [0, 0.05) is 26.0 Å². The highest BCUT2D eigenvalue weighted by molar-refractivity contribution is 7.56. The Morgan fingerprint density at radius 1 is 1.17 bits per heavy atom. The molecule has 0 radical (unpaired) electrons. The van der Waals surface area contributed by atoms with Crippen molar-refractivity contribution in [1.29, 1.82) is 0 Å². The molecule has 0 bridgehead atoms.